The molecule has 1 aromatic carbocycles. The maximum absolute atomic E-state index is 14.6. The fourth-order valence-corrected chi connectivity index (χ4v) is 3.31. The van der Waals surface area contributed by atoms with Gasteiger partial charge < -0.3 is 4.74 Å². The van der Waals surface area contributed by atoms with E-state index in [1.807, 2.05) is 38.1 Å². The Hall–Kier alpha value is -0.610. The summed E-state index contributed by atoms with van der Waals surface area (Å²) in [6.07, 6.45) is 3.50. The van der Waals surface area contributed by atoms with Crippen molar-refractivity contribution in [3.63, 3.8) is 0 Å². The van der Waals surface area contributed by atoms with Crippen LogP contribution >= 0.6 is 15.9 Å². The van der Waals surface area contributed by atoms with Crippen LogP contribution in [0.3, 0.4) is 0 Å². The summed E-state index contributed by atoms with van der Waals surface area (Å²) in [7, 11) is 0. The number of likely N-dealkylation sites (tertiary alicyclic amines) is 1. The van der Waals surface area contributed by atoms with Crippen molar-refractivity contribution in [3.8, 4) is 5.75 Å². The minimum atomic E-state index is -1.03. The minimum Gasteiger partial charge on any atom is -0.493 e. The van der Waals surface area contributed by atoms with Crippen molar-refractivity contribution < 1.29 is 9.13 Å². The average Bonchev–Trinajstić information content (AvgIpc) is 2.54. The molecule has 124 valence electrons. The van der Waals surface area contributed by atoms with Crippen molar-refractivity contribution in [3.05, 3.63) is 28.7 Å². The van der Waals surface area contributed by atoms with Crippen LogP contribution in [0.25, 0.3) is 0 Å². The summed E-state index contributed by atoms with van der Waals surface area (Å²) in [5.41, 5.74) is -1.03. The summed E-state index contributed by atoms with van der Waals surface area (Å²) < 4.78 is 21.5. The number of alkyl halides is 1. The Morgan fingerprint density at radius 3 is 2.59 bits per heavy atom. The van der Waals surface area contributed by atoms with E-state index in [1.165, 1.54) is 6.42 Å². The van der Waals surface area contributed by atoms with Crippen molar-refractivity contribution in [2.45, 2.75) is 45.2 Å². The van der Waals surface area contributed by atoms with Crippen LogP contribution in [0.15, 0.2) is 28.7 Å². The third kappa shape index (κ3) is 5.24. The van der Waals surface area contributed by atoms with Gasteiger partial charge in [-0.1, -0.05) is 29.8 Å². The van der Waals surface area contributed by atoms with Crippen LogP contribution in [0, 0.1) is 5.92 Å². The lowest BCUT2D eigenvalue weighted by atomic mass is 9.94. The molecule has 1 fully saturated rings. The summed E-state index contributed by atoms with van der Waals surface area (Å²) >= 11 is 3.42. The minimum absolute atomic E-state index is 0.496. The molecule has 2 rings (SSSR count). The summed E-state index contributed by atoms with van der Waals surface area (Å²) in [6, 6.07) is 7.93. The third-order valence-electron chi connectivity index (χ3n) is 4.68. The second kappa shape index (κ2) is 8.30. The zero-order chi connectivity index (χ0) is 16.0. The number of nitrogens with zero attached hydrogens (tertiary/aromatic N) is 1. The van der Waals surface area contributed by atoms with Crippen LogP contribution < -0.4 is 4.74 Å². The van der Waals surface area contributed by atoms with Crippen molar-refractivity contribution in [1.29, 1.82) is 0 Å². The molecular formula is C18H27BrFNO. The molecule has 0 radical (unpaired) electrons. The lowest BCUT2D eigenvalue weighted by molar-refractivity contribution is 0.0500. The first kappa shape index (κ1) is 17.7. The maximum Gasteiger partial charge on any atom is 0.123 e. The molecule has 1 aliphatic heterocycles. The first-order valence-corrected chi connectivity index (χ1v) is 9.13. The molecule has 1 atom stereocenters. The average molecular weight is 372 g/mol. The van der Waals surface area contributed by atoms with Crippen molar-refractivity contribution >= 4 is 15.9 Å². The predicted octanol–water partition coefficient (Wildman–Crippen LogP) is 5.07. The standard InChI is InChI=1S/C18H27BrFNO/c1-3-18(20,4-2)14-21-11-5-6-15(12-21)13-22-17-9-7-16(19)8-10-17/h7-10,15H,3-6,11-14H2,1-2H3. The highest BCUT2D eigenvalue weighted by atomic mass is 79.9. The number of rotatable bonds is 7. The first-order chi connectivity index (χ1) is 10.5. The number of hydrogen-bond donors (Lipinski definition) is 0. The van der Waals surface area contributed by atoms with Crippen LogP contribution in [0.5, 0.6) is 5.75 Å². The van der Waals surface area contributed by atoms with Gasteiger partial charge in [0.2, 0.25) is 0 Å². The molecule has 4 heteroatoms. The quantitative estimate of drug-likeness (QED) is 0.663. The monoisotopic (exact) mass is 371 g/mol. The van der Waals surface area contributed by atoms with Gasteiger partial charge >= 0.3 is 0 Å². The van der Waals surface area contributed by atoms with Crippen LogP contribution in [-0.2, 0) is 0 Å². The Kier molecular flexibility index (Phi) is 6.69. The molecule has 2 nitrogen and oxygen atoms in total. The largest absolute Gasteiger partial charge is 0.493 e. The molecule has 1 aromatic rings. The lowest BCUT2D eigenvalue weighted by Gasteiger charge is -2.36. The van der Waals surface area contributed by atoms with E-state index in [9.17, 15) is 4.39 Å². The SMILES string of the molecule is CCC(F)(CC)CN1CCCC(COc2ccc(Br)cc2)C1. The molecule has 0 amide bonds. The first-order valence-electron chi connectivity index (χ1n) is 8.34. The normalized spacial score (nSPS) is 20.1. The van der Waals surface area contributed by atoms with Gasteiger partial charge in [-0.15, -0.1) is 0 Å². The van der Waals surface area contributed by atoms with Crippen LogP contribution in [-0.4, -0.2) is 36.8 Å². The predicted molar refractivity (Wildman–Crippen MR) is 93.2 cm³/mol. The summed E-state index contributed by atoms with van der Waals surface area (Å²) in [4.78, 5) is 2.28. The topological polar surface area (TPSA) is 12.5 Å². The Bertz CT molecular complexity index is 447. The Morgan fingerprint density at radius 2 is 1.95 bits per heavy atom. The fraction of sp³-hybridized carbons (Fsp3) is 0.667. The Balaban J connectivity index is 1.81. The highest BCUT2D eigenvalue weighted by molar-refractivity contribution is 9.10. The van der Waals surface area contributed by atoms with E-state index in [0.717, 1.165) is 36.3 Å². The van der Waals surface area contributed by atoms with E-state index >= 15 is 0 Å². The van der Waals surface area contributed by atoms with E-state index in [4.69, 9.17) is 4.74 Å². The van der Waals surface area contributed by atoms with Gasteiger partial charge in [0, 0.05) is 23.5 Å². The van der Waals surface area contributed by atoms with Gasteiger partial charge in [-0.2, -0.15) is 0 Å². The van der Waals surface area contributed by atoms with Crippen molar-refractivity contribution in [2.75, 3.05) is 26.2 Å². The molecule has 22 heavy (non-hydrogen) atoms. The lowest BCUT2D eigenvalue weighted by Crippen LogP contribution is -2.45. The van der Waals surface area contributed by atoms with Gasteiger partial charge in [0.1, 0.15) is 11.4 Å². The summed E-state index contributed by atoms with van der Waals surface area (Å²) in [5, 5.41) is 0. The van der Waals surface area contributed by atoms with Gasteiger partial charge in [0.15, 0.2) is 0 Å². The maximum atomic E-state index is 14.6. The molecule has 0 aliphatic carbocycles. The van der Waals surface area contributed by atoms with Crippen LogP contribution in [0.2, 0.25) is 0 Å². The number of ether oxygens (including phenoxy) is 1. The van der Waals surface area contributed by atoms with Gasteiger partial charge in [0.05, 0.1) is 6.61 Å². The van der Waals surface area contributed by atoms with Crippen molar-refractivity contribution in [2.24, 2.45) is 5.92 Å². The van der Waals surface area contributed by atoms with Crippen molar-refractivity contribution in [1.82, 2.24) is 4.90 Å². The molecule has 1 heterocycles. The second-order valence-corrected chi connectivity index (χ2v) is 7.28. The summed E-state index contributed by atoms with van der Waals surface area (Å²) in [5.74, 6) is 1.40. The zero-order valence-electron chi connectivity index (χ0n) is 13.7. The van der Waals surface area contributed by atoms with Crippen LogP contribution in [0.1, 0.15) is 39.5 Å². The Labute approximate surface area is 142 Å². The number of halogens is 2. The third-order valence-corrected chi connectivity index (χ3v) is 5.21. The van der Waals surface area contributed by atoms with E-state index < -0.39 is 5.67 Å². The molecule has 0 N–H and O–H groups in total. The van der Waals surface area contributed by atoms with E-state index in [0.29, 0.717) is 25.3 Å². The molecule has 1 unspecified atom stereocenters. The molecule has 0 saturated carbocycles. The fourth-order valence-electron chi connectivity index (χ4n) is 3.05. The van der Waals surface area contributed by atoms with Gasteiger partial charge in [-0.25, -0.2) is 4.39 Å². The van der Waals surface area contributed by atoms with Gasteiger partial charge in [-0.3, -0.25) is 4.90 Å². The number of piperidine rings is 1. The van der Waals surface area contributed by atoms with Gasteiger partial charge in [0.25, 0.3) is 0 Å². The van der Waals surface area contributed by atoms with Crippen LogP contribution in [0.4, 0.5) is 4.39 Å². The zero-order valence-corrected chi connectivity index (χ0v) is 15.2. The highest BCUT2D eigenvalue weighted by Crippen LogP contribution is 2.26. The number of hydrogen-bond acceptors (Lipinski definition) is 2. The molecular weight excluding hydrogens is 345 g/mol. The summed E-state index contributed by atoms with van der Waals surface area (Å²) in [6.45, 7) is 7.14. The van der Waals surface area contributed by atoms with E-state index in [-0.39, 0.29) is 0 Å². The van der Waals surface area contributed by atoms with E-state index in [1.54, 1.807) is 0 Å². The molecule has 1 aliphatic rings. The smallest absolute Gasteiger partial charge is 0.123 e. The Morgan fingerprint density at radius 1 is 1.27 bits per heavy atom. The van der Waals surface area contributed by atoms with Gasteiger partial charge in [-0.05, 0) is 56.5 Å². The molecule has 0 aromatic heterocycles. The highest BCUT2D eigenvalue weighted by Gasteiger charge is 2.30. The molecule has 0 bridgehead atoms. The van der Waals surface area contributed by atoms with E-state index in [2.05, 4.69) is 20.8 Å². The molecule has 1 saturated heterocycles. The number of benzene rings is 1. The second-order valence-electron chi connectivity index (χ2n) is 6.37. The molecule has 0 spiro atoms.